The van der Waals surface area contributed by atoms with Crippen molar-refractivity contribution in [3.8, 4) is 0 Å². The highest BCUT2D eigenvalue weighted by atomic mass is 16.2. The van der Waals surface area contributed by atoms with Crippen LogP contribution in [0.15, 0.2) is 54.6 Å². The highest BCUT2D eigenvalue weighted by molar-refractivity contribution is 5.98. The molecule has 156 valence electrons. The van der Waals surface area contributed by atoms with Crippen LogP contribution in [-0.4, -0.2) is 40.7 Å². The van der Waals surface area contributed by atoms with Crippen LogP contribution in [0.5, 0.6) is 0 Å². The Bertz CT molecular complexity index is 926. The maximum absolute atomic E-state index is 12.8. The van der Waals surface area contributed by atoms with Gasteiger partial charge in [0.1, 0.15) is 0 Å². The predicted molar refractivity (Wildman–Crippen MR) is 114 cm³/mol. The normalized spacial score (nSPS) is 21.0. The minimum Gasteiger partial charge on any atom is -0.337 e. The Kier molecular flexibility index (Phi) is 5.84. The topological polar surface area (TPSA) is 69.7 Å². The first kappa shape index (κ1) is 20.1. The van der Waals surface area contributed by atoms with Gasteiger partial charge in [0.15, 0.2) is 0 Å². The zero-order valence-corrected chi connectivity index (χ0v) is 17.2. The minimum atomic E-state index is -0.314. The summed E-state index contributed by atoms with van der Waals surface area (Å²) in [7, 11) is 1.78. The van der Waals surface area contributed by atoms with Crippen LogP contribution in [0.2, 0.25) is 0 Å². The van der Waals surface area contributed by atoms with Crippen molar-refractivity contribution in [2.45, 2.75) is 44.8 Å². The van der Waals surface area contributed by atoms with Gasteiger partial charge in [-0.15, -0.1) is 0 Å². The summed E-state index contributed by atoms with van der Waals surface area (Å²) in [5, 5.41) is 2.99. The molecule has 0 spiro atoms. The second-order valence-electron chi connectivity index (χ2n) is 8.22. The highest BCUT2D eigenvalue weighted by Crippen LogP contribution is 2.30. The zero-order valence-electron chi connectivity index (χ0n) is 17.2. The van der Waals surface area contributed by atoms with Crippen molar-refractivity contribution in [2.24, 2.45) is 5.92 Å². The van der Waals surface area contributed by atoms with Crippen LogP contribution in [0.3, 0.4) is 0 Å². The molecule has 1 saturated heterocycles. The molecule has 2 aromatic rings. The van der Waals surface area contributed by atoms with Crippen molar-refractivity contribution in [1.82, 2.24) is 15.1 Å². The zero-order chi connectivity index (χ0) is 21.1. The van der Waals surface area contributed by atoms with Crippen molar-refractivity contribution >= 4 is 17.8 Å². The maximum atomic E-state index is 12.8. The largest absolute Gasteiger partial charge is 0.337 e. The van der Waals surface area contributed by atoms with Crippen molar-refractivity contribution in [2.75, 3.05) is 7.05 Å². The molecule has 1 aliphatic heterocycles. The molecular weight excluding hydrogens is 378 g/mol. The average Bonchev–Trinajstić information content (AvgIpc) is 2.77. The molecule has 1 heterocycles. The van der Waals surface area contributed by atoms with Gasteiger partial charge in [-0.25, -0.2) is 4.79 Å². The van der Waals surface area contributed by atoms with Gasteiger partial charge in [-0.1, -0.05) is 55.3 Å². The number of rotatable bonds is 5. The van der Waals surface area contributed by atoms with E-state index in [-0.39, 0.29) is 36.3 Å². The van der Waals surface area contributed by atoms with Gasteiger partial charge in [0, 0.05) is 25.2 Å². The quantitative estimate of drug-likeness (QED) is 0.827. The van der Waals surface area contributed by atoms with E-state index < -0.39 is 0 Å². The summed E-state index contributed by atoms with van der Waals surface area (Å²) in [6.45, 7) is 0.759. The molecule has 1 N–H and O–H groups in total. The number of fused-ring (bicyclic) bond motifs is 1. The van der Waals surface area contributed by atoms with Crippen LogP contribution in [0.25, 0.3) is 0 Å². The number of carbonyl (C=O) groups is 3. The highest BCUT2D eigenvalue weighted by Gasteiger charge is 2.41. The third kappa shape index (κ3) is 4.22. The standard InChI is InChI=1S/C24H27N3O3/c1-26(15-17-7-3-2-4-8-17)22(28)19-13-11-18(12-14-19)16-27-23(29)20-9-5-6-10-21(20)25-24(27)30/h2-4,7-8,11-14,20-21H,5-6,9-10,15-16H2,1H3,(H,25,30). The molecule has 6 heteroatoms. The Labute approximate surface area is 176 Å². The van der Waals surface area contributed by atoms with E-state index in [9.17, 15) is 14.4 Å². The van der Waals surface area contributed by atoms with E-state index in [0.29, 0.717) is 12.1 Å². The van der Waals surface area contributed by atoms with E-state index >= 15 is 0 Å². The van der Waals surface area contributed by atoms with E-state index in [1.165, 1.54) is 4.90 Å². The first-order valence-electron chi connectivity index (χ1n) is 10.5. The Hall–Kier alpha value is -3.15. The number of urea groups is 1. The summed E-state index contributed by atoms with van der Waals surface area (Å²) < 4.78 is 0. The van der Waals surface area contributed by atoms with Crippen molar-refractivity contribution in [3.63, 3.8) is 0 Å². The summed E-state index contributed by atoms with van der Waals surface area (Å²) in [4.78, 5) is 40.9. The lowest BCUT2D eigenvalue weighted by molar-refractivity contribution is -0.137. The van der Waals surface area contributed by atoms with Crippen molar-refractivity contribution in [1.29, 1.82) is 0 Å². The SMILES string of the molecule is CN(Cc1ccccc1)C(=O)c1ccc(CN2C(=O)NC3CCCCC3C2=O)cc1. The summed E-state index contributed by atoms with van der Waals surface area (Å²) in [5.41, 5.74) is 2.48. The monoisotopic (exact) mass is 405 g/mol. The van der Waals surface area contributed by atoms with Gasteiger partial charge in [-0.3, -0.25) is 14.5 Å². The van der Waals surface area contributed by atoms with Gasteiger partial charge in [0.05, 0.1) is 12.5 Å². The van der Waals surface area contributed by atoms with Crippen LogP contribution >= 0.6 is 0 Å². The smallest absolute Gasteiger partial charge is 0.324 e. The van der Waals surface area contributed by atoms with Crippen molar-refractivity contribution < 1.29 is 14.4 Å². The third-order valence-electron chi connectivity index (χ3n) is 6.05. The Morgan fingerprint density at radius 3 is 2.43 bits per heavy atom. The number of nitrogens with one attached hydrogen (secondary N) is 1. The minimum absolute atomic E-state index is 0.0184. The number of benzene rings is 2. The third-order valence-corrected chi connectivity index (χ3v) is 6.05. The van der Waals surface area contributed by atoms with Gasteiger partial charge < -0.3 is 10.2 Å². The summed E-state index contributed by atoms with van der Waals surface area (Å²) in [6, 6.07) is 16.7. The molecule has 6 nitrogen and oxygen atoms in total. The fourth-order valence-electron chi connectivity index (χ4n) is 4.37. The average molecular weight is 405 g/mol. The van der Waals surface area contributed by atoms with E-state index in [4.69, 9.17) is 0 Å². The van der Waals surface area contributed by atoms with Gasteiger partial charge in [0.25, 0.3) is 5.91 Å². The molecule has 2 aromatic carbocycles. The lowest BCUT2D eigenvalue weighted by atomic mass is 9.82. The van der Waals surface area contributed by atoms with E-state index in [1.807, 2.05) is 42.5 Å². The van der Waals surface area contributed by atoms with E-state index in [1.54, 1.807) is 24.1 Å². The molecule has 0 bridgehead atoms. The number of hydrogen-bond acceptors (Lipinski definition) is 3. The molecule has 2 fully saturated rings. The molecule has 1 aliphatic carbocycles. The maximum Gasteiger partial charge on any atom is 0.324 e. The van der Waals surface area contributed by atoms with Crippen LogP contribution < -0.4 is 5.32 Å². The molecule has 1 saturated carbocycles. The van der Waals surface area contributed by atoms with Gasteiger partial charge in [0.2, 0.25) is 5.91 Å². The Balaban J connectivity index is 1.40. The fraction of sp³-hybridized carbons (Fsp3) is 0.375. The molecule has 2 atom stereocenters. The fourth-order valence-corrected chi connectivity index (χ4v) is 4.37. The van der Waals surface area contributed by atoms with Crippen LogP contribution in [0.4, 0.5) is 4.79 Å². The molecule has 0 radical (unpaired) electrons. The van der Waals surface area contributed by atoms with Crippen molar-refractivity contribution in [3.05, 3.63) is 71.3 Å². The summed E-state index contributed by atoms with van der Waals surface area (Å²) in [6.07, 6.45) is 3.80. The number of hydrogen-bond donors (Lipinski definition) is 1. The molecule has 0 aromatic heterocycles. The molecule has 2 aliphatic rings. The van der Waals surface area contributed by atoms with Gasteiger partial charge in [-0.2, -0.15) is 0 Å². The van der Waals surface area contributed by atoms with Crippen LogP contribution in [-0.2, 0) is 17.9 Å². The Morgan fingerprint density at radius 2 is 1.70 bits per heavy atom. The number of nitrogens with zero attached hydrogens (tertiary/aromatic N) is 2. The second-order valence-corrected chi connectivity index (χ2v) is 8.22. The Morgan fingerprint density at radius 1 is 1.00 bits per heavy atom. The molecule has 4 amide bonds. The van der Waals surface area contributed by atoms with Crippen LogP contribution in [0, 0.1) is 5.92 Å². The molecule has 30 heavy (non-hydrogen) atoms. The van der Waals surface area contributed by atoms with Crippen LogP contribution in [0.1, 0.15) is 47.2 Å². The number of carbonyl (C=O) groups excluding carboxylic acids is 3. The van der Waals surface area contributed by atoms with E-state index in [2.05, 4.69) is 5.32 Å². The lowest BCUT2D eigenvalue weighted by Crippen LogP contribution is -2.60. The second kappa shape index (κ2) is 8.69. The summed E-state index contributed by atoms with van der Waals surface area (Å²) >= 11 is 0. The first-order chi connectivity index (χ1) is 14.5. The molecule has 2 unspecified atom stereocenters. The van der Waals surface area contributed by atoms with Gasteiger partial charge in [-0.05, 0) is 36.1 Å². The summed E-state index contributed by atoms with van der Waals surface area (Å²) in [5.74, 6) is -0.252. The lowest BCUT2D eigenvalue weighted by Gasteiger charge is -2.40. The molecule has 4 rings (SSSR count). The van der Waals surface area contributed by atoms with Gasteiger partial charge >= 0.3 is 6.03 Å². The van der Waals surface area contributed by atoms with E-state index in [0.717, 1.165) is 36.8 Å². The number of amides is 4. The molecular formula is C24H27N3O3. The first-order valence-corrected chi connectivity index (χ1v) is 10.5. The predicted octanol–water partition coefficient (Wildman–Crippen LogP) is 3.57. The number of imide groups is 1.